The van der Waals surface area contributed by atoms with Gasteiger partial charge in [-0.2, -0.15) is 5.10 Å². The lowest BCUT2D eigenvalue weighted by Gasteiger charge is -2.05. The van der Waals surface area contributed by atoms with E-state index in [2.05, 4.69) is 27.4 Å². The van der Waals surface area contributed by atoms with Crippen LogP contribution in [-0.4, -0.2) is 33.4 Å². The van der Waals surface area contributed by atoms with Crippen molar-refractivity contribution in [1.82, 2.24) is 15.5 Å². The van der Waals surface area contributed by atoms with Crippen LogP contribution < -0.4 is 5.32 Å². The summed E-state index contributed by atoms with van der Waals surface area (Å²) < 4.78 is 5.36. The second-order valence-electron chi connectivity index (χ2n) is 5.89. The van der Waals surface area contributed by atoms with Crippen molar-refractivity contribution < 1.29 is 14.3 Å². The molecule has 2 rings (SSSR count). The molecule has 0 atom stereocenters. The Kier molecular flexibility index (Phi) is 4.92. The number of rotatable bonds is 4. The van der Waals surface area contributed by atoms with Gasteiger partial charge >= 0.3 is 0 Å². The highest BCUT2D eigenvalue weighted by molar-refractivity contribution is 5.91. The number of furan rings is 1. The number of aromatic nitrogens is 2. The molecule has 2 aromatic rings. The fraction of sp³-hybridized carbons (Fsp3) is 0.412. The number of amides is 1. The molecule has 0 saturated carbocycles. The molecule has 3 N–H and O–H groups in total. The van der Waals surface area contributed by atoms with E-state index in [-0.39, 0.29) is 11.7 Å². The van der Waals surface area contributed by atoms with Gasteiger partial charge in [0.2, 0.25) is 0 Å². The van der Waals surface area contributed by atoms with E-state index in [0.29, 0.717) is 18.7 Å². The summed E-state index contributed by atoms with van der Waals surface area (Å²) in [5.74, 6) is 5.58. The van der Waals surface area contributed by atoms with E-state index < -0.39 is 5.60 Å². The average Bonchev–Trinajstić information content (AvgIpc) is 3.05. The van der Waals surface area contributed by atoms with Gasteiger partial charge in [-0.05, 0) is 57.7 Å². The third kappa shape index (κ3) is 4.73. The van der Waals surface area contributed by atoms with Crippen molar-refractivity contribution in [3.63, 3.8) is 0 Å². The highest BCUT2D eigenvalue weighted by Crippen LogP contribution is 2.10. The lowest BCUT2D eigenvalue weighted by atomic mass is 10.1. The van der Waals surface area contributed by atoms with Gasteiger partial charge in [-0.1, -0.05) is 5.92 Å². The molecule has 0 aliphatic carbocycles. The van der Waals surface area contributed by atoms with Crippen LogP contribution in [0.4, 0.5) is 0 Å². The Bertz CT molecular complexity index is 735. The molecule has 23 heavy (non-hydrogen) atoms. The predicted octanol–water partition coefficient (Wildman–Crippen LogP) is 1.71. The summed E-state index contributed by atoms with van der Waals surface area (Å²) in [6, 6.07) is 3.18. The summed E-state index contributed by atoms with van der Waals surface area (Å²) in [7, 11) is 0. The van der Waals surface area contributed by atoms with Crippen molar-refractivity contribution in [1.29, 1.82) is 0 Å². The second-order valence-corrected chi connectivity index (χ2v) is 5.89. The number of hydrogen-bond donors (Lipinski definition) is 3. The van der Waals surface area contributed by atoms with E-state index >= 15 is 0 Å². The van der Waals surface area contributed by atoms with Gasteiger partial charge in [0, 0.05) is 12.2 Å². The Balaban J connectivity index is 1.91. The molecule has 6 nitrogen and oxygen atoms in total. The number of hydrogen-bond acceptors (Lipinski definition) is 4. The monoisotopic (exact) mass is 315 g/mol. The zero-order valence-corrected chi connectivity index (χ0v) is 13.8. The van der Waals surface area contributed by atoms with Gasteiger partial charge in [0.05, 0.1) is 5.69 Å². The Morgan fingerprint density at radius 2 is 2.17 bits per heavy atom. The lowest BCUT2D eigenvalue weighted by Crippen LogP contribution is -2.25. The van der Waals surface area contributed by atoms with Gasteiger partial charge in [0.1, 0.15) is 5.60 Å². The first-order valence-electron chi connectivity index (χ1n) is 7.40. The van der Waals surface area contributed by atoms with E-state index in [1.807, 2.05) is 13.8 Å². The van der Waals surface area contributed by atoms with Crippen molar-refractivity contribution in [2.24, 2.45) is 0 Å². The topological polar surface area (TPSA) is 91.2 Å². The number of aromatic amines is 1. The van der Waals surface area contributed by atoms with Gasteiger partial charge < -0.3 is 14.8 Å². The smallest absolute Gasteiger partial charge is 0.287 e. The van der Waals surface area contributed by atoms with Gasteiger partial charge in [0.15, 0.2) is 11.5 Å². The predicted molar refractivity (Wildman–Crippen MR) is 86.0 cm³/mol. The number of carbonyl (C=O) groups excluding carboxylic acids is 1. The number of nitrogens with one attached hydrogen (secondary N) is 2. The Morgan fingerprint density at radius 1 is 1.43 bits per heavy atom. The van der Waals surface area contributed by atoms with Crippen LogP contribution in [0.15, 0.2) is 16.5 Å². The molecule has 0 radical (unpaired) electrons. The zero-order chi connectivity index (χ0) is 17.0. The van der Waals surface area contributed by atoms with Gasteiger partial charge in [-0.25, -0.2) is 0 Å². The van der Waals surface area contributed by atoms with Crippen LogP contribution >= 0.6 is 0 Å². The largest absolute Gasteiger partial charge is 0.443 e. The molecule has 2 heterocycles. The van der Waals surface area contributed by atoms with Crippen molar-refractivity contribution >= 4 is 5.91 Å². The highest BCUT2D eigenvalue weighted by atomic mass is 16.3. The van der Waals surface area contributed by atoms with Gasteiger partial charge in [-0.3, -0.25) is 9.89 Å². The van der Waals surface area contributed by atoms with Crippen LogP contribution in [0.1, 0.15) is 47.1 Å². The van der Waals surface area contributed by atoms with Crippen molar-refractivity contribution in [3.8, 4) is 11.8 Å². The molecule has 0 aliphatic rings. The van der Waals surface area contributed by atoms with Crippen LogP contribution in [0.3, 0.4) is 0 Å². The van der Waals surface area contributed by atoms with E-state index in [1.165, 1.54) is 0 Å². The van der Waals surface area contributed by atoms with E-state index in [1.54, 1.807) is 26.0 Å². The molecule has 0 saturated heterocycles. The van der Waals surface area contributed by atoms with E-state index in [4.69, 9.17) is 4.42 Å². The normalized spacial score (nSPS) is 11.0. The van der Waals surface area contributed by atoms with Gasteiger partial charge in [-0.15, -0.1) is 0 Å². The first-order chi connectivity index (χ1) is 10.8. The minimum atomic E-state index is -1.10. The molecule has 0 spiro atoms. The van der Waals surface area contributed by atoms with Crippen molar-refractivity contribution in [3.05, 3.63) is 40.6 Å². The number of aliphatic hydroxyl groups is 1. The quantitative estimate of drug-likeness (QED) is 0.749. The second kappa shape index (κ2) is 6.71. The summed E-state index contributed by atoms with van der Waals surface area (Å²) in [5, 5.41) is 19.4. The van der Waals surface area contributed by atoms with Crippen LogP contribution in [0.25, 0.3) is 0 Å². The molecule has 0 bridgehead atoms. The standard InChI is InChI=1S/C17H21N3O3/c1-11-14(12(2)20-19-11)8-10-18-16(21)15-6-5-13(23-15)7-9-17(3,4)22/h5-6,22H,8,10H2,1-4H3,(H,18,21)(H,19,20). The van der Waals surface area contributed by atoms with Crippen LogP contribution in [-0.2, 0) is 6.42 Å². The highest BCUT2D eigenvalue weighted by Gasteiger charge is 2.12. The van der Waals surface area contributed by atoms with Gasteiger partial charge in [0.25, 0.3) is 5.91 Å². The maximum absolute atomic E-state index is 12.0. The first-order valence-corrected chi connectivity index (χ1v) is 7.40. The summed E-state index contributed by atoms with van der Waals surface area (Å²) in [4.78, 5) is 12.0. The zero-order valence-electron chi connectivity index (χ0n) is 13.8. The van der Waals surface area contributed by atoms with Crippen molar-refractivity contribution in [2.45, 2.75) is 39.7 Å². The Morgan fingerprint density at radius 3 is 2.78 bits per heavy atom. The van der Waals surface area contributed by atoms with E-state index in [9.17, 15) is 9.90 Å². The first kappa shape index (κ1) is 16.8. The summed E-state index contributed by atoms with van der Waals surface area (Å²) in [6.45, 7) is 7.54. The molecule has 1 amide bonds. The van der Waals surface area contributed by atoms with Crippen molar-refractivity contribution in [2.75, 3.05) is 6.54 Å². The molecule has 2 aromatic heterocycles. The summed E-state index contributed by atoms with van der Waals surface area (Å²) in [6.07, 6.45) is 0.700. The molecular weight excluding hydrogens is 294 g/mol. The van der Waals surface area contributed by atoms with Crippen LogP contribution in [0, 0.1) is 25.7 Å². The molecule has 0 aliphatic heterocycles. The summed E-state index contributed by atoms with van der Waals surface area (Å²) in [5.41, 5.74) is 1.97. The number of H-pyrrole nitrogens is 1. The number of aryl methyl sites for hydroxylation is 2. The third-order valence-corrected chi connectivity index (χ3v) is 3.26. The minimum absolute atomic E-state index is 0.200. The molecular formula is C17H21N3O3. The Hall–Kier alpha value is -2.52. The average molecular weight is 315 g/mol. The maximum Gasteiger partial charge on any atom is 0.287 e. The fourth-order valence-corrected chi connectivity index (χ4v) is 2.07. The van der Waals surface area contributed by atoms with E-state index in [0.717, 1.165) is 17.0 Å². The molecule has 122 valence electrons. The minimum Gasteiger partial charge on any atom is -0.443 e. The third-order valence-electron chi connectivity index (χ3n) is 3.26. The molecule has 0 fully saturated rings. The maximum atomic E-state index is 12.0. The van der Waals surface area contributed by atoms with Crippen LogP contribution in [0.5, 0.6) is 0 Å². The molecule has 6 heteroatoms. The van der Waals surface area contributed by atoms with Crippen LogP contribution in [0.2, 0.25) is 0 Å². The lowest BCUT2D eigenvalue weighted by molar-refractivity contribution is 0.0926. The molecule has 0 aromatic carbocycles. The number of carbonyl (C=O) groups is 1. The SMILES string of the molecule is Cc1n[nH]c(C)c1CCNC(=O)c1ccc(C#CC(C)(C)O)o1. The number of nitrogens with zero attached hydrogens (tertiary/aromatic N) is 1. The summed E-state index contributed by atoms with van der Waals surface area (Å²) >= 11 is 0. The fourth-order valence-electron chi connectivity index (χ4n) is 2.07. The molecule has 0 unspecified atom stereocenters. The Labute approximate surface area is 135 Å².